The molecule has 1 aliphatic rings. The number of carbonyl (C=O) groups excluding carboxylic acids is 2. The van der Waals surface area contributed by atoms with Crippen molar-refractivity contribution in [2.75, 3.05) is 7.11 Å². The smallest absolute Gasteiger partial charge is 0.340 e. The Morgan fingerprint density at radius 3 is 2.52 bits per heavy atom. The number of hydrogen-bond acceptors (Lipinski definition) is 4. The number of ether oxygens (including phenoxy) is 1. The molecule has 0 atom stereocenters. The van der Waals surface area contributed by atoms with E-state index in [1.54, 1.807) is 23.6 Å². The molecule has 0 spiro atoms. The molecule has 4 rings (SSSR count). The molecule has 0 saturated heterocycles. The zero-order valence-corrected chi connectivity index (χ0v) is 17.5. The number of aromatic hydroxyl groups is 1. The minimum absolute atomic E-state index is 0.0545. The van der Waals surface area contributed by atoms with Crippen LogP contribution in [0.3, 0.4) is 0 Å². The Morgan fingerprint density at radius 1 is 1.06 bits per heavy atom. The summed E-state index contributed by atoms with van der Waals surface area (Å²) in [4.78, 5) is 25.3. The fourth-order valence-corrected chi connectivity index (χ4v) is 3.97. The molecular weight excluding hydrogens is 390 g/mol. The second-order valence-corrected chi connectivity index (χ2v) is 7.42. The molecule has 156 valence electrons. The van der Waals surface area contributed by atoms with Crippen LogP contribution in [-0.2, 0) is 22.5 Å². The Labute approximate surface area is 180 Å². The molecule has 1 N–H and O–H groups in total. The normalized spacial score (nSPS) is 14.0. The van der Waals surface area contributed by atoms with Crippen LogP contribution >= 0.6 is 0 Å². The van der Waals surface area contributed by atoms with E-state index in [1.807, 2.05) is 54.6 Å². The number of ketones is 1. The number of benzene rings is 2. The highest BCUT2D eigenvalue weighted by Crippen LogP contribution is 2.35. The molecule has 1 heterocycles. The van der Waals surface area contributed by atoms with Gasteiger partial charge >= 0.3 is 5.97 Å². The van der Waals surface area contributed by atoms with Crippen molar-refractivity contribution in [2.45, 2.75) is 19.9 Å². The van der Waals surface area contributed by atoms with Gasteiger partial charge in [0.2, 0.25) is 0 Å². The Bertz CT molecular complexity index is 1220. The number of esters is 1. The maximum absolute atomic E-state index is 12.7. The van der Waals surface area contributed by atoms with Gasteiger partial charge in [-0.25, -0.2) is 4.79 Å². The molecule has 2 aromatic carbocycles. The lowest BCUT2D eigenvalue weighted by Crippen LogP contribution is -2.08. The Balaban J connectivity index is 1.82. The van der Waals surface area contributed by atoms with E-state index >= 15 is 0 Å². The first kappa shape index (κ1) is 20.4. The summed E-state index contributed by atoms with van der Waals surface area (Å²) < 4.78 is 6.68. The first-order chi connectivity index (χ1) is 15.0. The molecule has 0 fully saturated rings. The number of allylic oxidation sites excluding steroid dienone is 2. The van der Waals surface area contributed by atoms with Gasteiger partial charge in [-0.15, -0.1) is 0 Å². The maximum atomic E-state index is 12.7. The lowest BCUT2D eigenvalue weighted by Gasteiger charge is -2.13. The number of carbonyl (C=O) groups is 2. The third-order valence-electron chi connectivity index (χ3n) is 5.61. The van der Waals surface area contributed by atoms with Gasteiger partial charge in [0.1, 0.15) is 0 Å². The summed E-state index contributed by atoms with van der Waals surface area (Å²) in [6, 6.07) is 17.5. The topological polar surface area (TPSA) is 68.5 Å². The highest BCUT2D eigenvalue weighted by atomic mass is 16.5. The van der Waals surface area contributed by atoms with Crippen molar-refractivity contribution in [3.05, 3.63) is 94.2 Å². The Morgan fingerprint density at radius 2 is 1.77 bits per heavy atom. The van der Waals surface area contributed by atoms with E-state index < -0.39 is 5.97 Å². The molecule has 0 bridgehead atoms. The molecule has 0 aliphatic heterocycles. The van der Waals surface area contributed by atoms with Crippen molar-refractivity contribution >= 4 is 29.5 Å². The van der Waals surface area contributed by atoms with Gasteiger partial charge in [0, 0.05) is 17.8 Å². The van der Waals surface area contributed by atoms with Gasteiger partial charge in [0.05, 0.1) is 18.2 Å². The predicted octanol–water partition coefficient (Wildman–Crippen LogP) is 4.67. The van der Waals surface area contributed by atoms with E-state index in [2.05, 4.69) is 0 Å². The highest BCUT2D eigenvalue weighted by Gasteiger charge is 2.26. The molecule has 0 saturated carbocycles. The van der Waals surface area contributed by atoms with Crippen molar-refractivity contribution in [1.82, 2.24) is 4.57 Å². The van der Waals surface area contributed by atoms with Crippen LogP contribution in [0, 0.1) is 6.92 Å². The average molecular weight is 413 g/mol. The lowest BCUT2D eigenvalue weighted by atomic mass is 9.90. The summed E-state index contributed by atoms with van der Waals surface area (Å²) in [5, 5.41) is 11.1. The Kier molecular flexibility index (Phi) is 5.58. The number of methoxy groups -OCH3 is 1. The molecule has 5 nitrogen and oxygen atoms in total. The standard InChI is InChI=1S/C26H23NO4/c1-17-24(26(30)31-2)22(25(29)27(17)15-14-18-8-4-3-5-9-18)16-21-20-11-7-6-10-19(20)12-13-23(21)28/h3-13,16,29H,14-15H2,1-2H3. The fraction of sp³-hybridized carbons (Fsp3) is 0.154. The molecular formula is C26H23NO4. The zero-order chi connectivity index (χ0) is 22.0. The second-order valence-electron chi connectivity index (χ2n) is 7.42. The van der Waals surface area contributed by atoms with Crippen molar-refractivity contribution < 1.29 is 19.4 Å². The molecule has 1 aliphatic carbocycles. The van der Waals surface area contributed by atoms with Crippen LogP contribution in [0.4, 0.5) is 0 Å². The van der Waals surface area contributed by atoms with Gasteiger partial charge < -0.3 is 14.4 Å². The van der Waals surface area contributed by atoms with Gasteiger partial charge in [-0.1, -0.05) is 60.7 Å². The first-order valence-corrected chi connectivity index (χ1v) is 10.1. The van der Waals surface area contributed by atoms with E-state index in [1.165, 1.54) is 13.2 Å². The second kappa shape index (κ2) is 8.48. The summed E-state index contributed by atoms with van der Waals surface area (Å²) in [5.74, 6) is -0.782. The minimum atomic E-state index is -0.551. The van der Waals surface area contributed by atoms with Crippen LogP contribution in [0.15, 0.2) is 60.7 Å². The minimum Gasteiger partial charge on any atom is -0.494 e. The summed E-state index contributed by atoms with van der Waals surface area (Å²) >= 11 is 0. The van der Waals surface area contributed by atoms with Gasteiger partial charge in [-0.05, 0) is 42.2 Å². The van der Waals surface area contributed by atoms with Crippen LogP contribution in [0.25, 0.3) is 17.7 Å². The molecule has 0 amide bonds. The first-order valence-electron chi connectivity index (χ1n) is 10.1. The molecule has 1 aromatic heterocycles. The van der Waals surface area contributed by atoms with Gasteiger partial charge in [0.25, 0.3) is 0 Å². The summed E-state index contributed by atoms with van der Waals surface area (Å²) in [6.07, 6.45) is 5.55. The fourth-order valence-electron chi connectivity index (χ4n) is 3.97. The number of fused-ring (bicyclic) bond motifs is 1. The average Bonchev–Trinajstić information content (AvgIpc) is 3.03. The summed E-state index contributed by atoms with van der Waals surface area (Å²) in [5.41, 5.74) is 4.38. The van der Waals surface area contributed by atoms with Crippen LogP contribution in [0.5, 0.6) is 5.88 Å². The summed E-state index contributed by atoms with van der Waals surface area (Å²) in [7, 11) is 1.31. The maximum Gasteiger partial charge on any atom is 0.340 e. The summed E-state index contributed by atoms with van der Waals surface area (Å²) in [6.45, 7) is 2.26. The van der Waals surface area contributed by atoms with Crippen molar-refractivity contribution in [2.24, 2.45) is 0 Å². The van der Waals surface area contributed by atoms with E-state index in [4.69, 9.17) is 4.74 Å². The SMILES string of the molecule is COC(=O)c1c(C=C2C(=O)C=Cc3ccccc32)c(O)n(CCc2ccccc2)c1C. The predicted molar refractivity (Wildman–Crippen MR) is 121 cm³/mol. The van der Waals surface area contributed by atoms with Crippen molar-refractivity contribution in [3.8, 4) is 5.88 Å². The Hall–Kier alpha value is -3.86. The molecule has 0 unspecified atom stereocenters. The van der Waals surface area contributed by atoms with Crippen LogP contribution in [0.1, 0.15) is 38.3 Å². The number of nitrogens with zero attached hydrogens (tertiary/aromatic N) is 1. The monoisotopic (exact) mass is 413 g/mol. The van der Waals surface area contributed by atoms with Crippen LogP contribution in [-0.4, -0.2) is 28.5 Å². The van der Waals surface area contributed by atoms with Gasteiger partial charge in [0.15, 0.2) is 11.7 Å². The van der Waals surface area contributed by atoms with Crippen molar-refractivity contribution in [1.29, 1.82) is 0 Å². The number of rotatable bonds is 5. The molecule has 0 radical (unpaired) electrons. The third-order valence-corrected chi connectivity index (χ3v) is 5.61. The molecule has 3 aromatic rings. The largest absolute Gasteiger partial charge is 0.494 e. The number of aryl methyl sites for hydroxylation is 1. The zero-order valence-electron chi connectivity index (χ0n) is 17.5. The number of hydrogen-bond donors (Lipinski definition) is 1. The van der Waals surface area contributed by atoms with Crippen molar-refractivity contribution in [3.63, 3.8) is 0 Å². The van der Waals surface area contributed by atoms with E-state index in [0.717, 1.165) is 16.7 Å². The number of aromatic nitrogens is 1. The lowest BCUT2D eigenvalue weighted by molar-refractivity contribution is -0.109. The van der Waals surface area contributed by atoms with Crippen LogP contribution < -0.4 is 0 Å². The highest BCUT2D eigenvalue weighted by molar-refractivity contribution is 6.33. The van der Waals surface area contributed by atoms with E-state index in [0.29, 0.717) is 29.8 Å². The third kappa shape index (κ3) is 3.82. The van der Waals surface area contributed by atoms with Crippen LogP contribution in [0.2, 0.25) is 0 Å². The van der Waals surface area contributed by atoms with Gasteiger partial charge in [-0.2, -0.15) is 0 Å². The molecule has 31 heavy (non-hydrogen) atoms. The van der Waals surface area contributed by atoms with Gasteiger partial charge in [-0.3, -0.25) is 4.79 Å². The van der Waals surface area contributed by atoms with E-state index in [9.17, 15) is 14.7 Å². The molecule has 5 heteroatoms. The van der Waals surface area contributed by atoms with E-state index in [-0.39, 0.29) is 17.2 Å². The quantitative estimate of drug-likeness (QED) is 0.488.